The molecule has 0 aliphatic heterocycles. The molecule has 1 atom stereocenters. The van der Waals surface area contributed by atoms with Gasteiger partial charge in [-0.3, -0.25) is 0 Å². The molecule has 0 fully saturated rings. The zero-order valence-electron chi connectivity index (χ0n) is 14.7. The smallest absolute Gasteiger partial charge is 0.405 e. The Bertz CT molecular complexity index is 944. The van der Waals surface area contributed by atoms with Crippen LogP contribution in [0.2, 0.25) is 0 Å². The Morgan fingerprint density at radius 3 is 1.90 bits per heavy atom. The highest BCUT2D eigenvalue weighted by atomic mass is 32.2. The van der Waals surface area contributed by atoms with E-state index in [1.807, 2.05) is 0 Å². The number of hydrogen-bond donors (Lipinski definition) is 1. The van der Waals surface area contributed by atoms with Gasteiger partial charge in [-0.1, -0.05) is 12.1 Å². The molecule has 0 saturated heterocycles. The summed E-state index contributed by atoms with van der Waals surface area (Å²) >= 11 is 0. The van der Waals surface area contributed by atoms with E-state index in [1.165, 1.54) is 12.1 Å². The minimum Gasteiger partial charge on any atom is -0.480 e. The number of carboxylic acids is 1. The third-order valence-corrected chi connectivity index (χ3v) is 5.48. The molecular formula is C18H16F5NO4S. The Balaban J connectivity index is 2.34. The molecule has 0 amide bonds. The predicted octanol–water partition coefficient (Wildman–Crippen LogP) is 3.40. The second-order valence-corrected chi connectivity index (χ2v) is 8.36. The van der Waals surface area contributed by atoms with Crippen LogP contribution in [-0.2, 0) is 20.4 Å². The molecule has 0 aliphatic rings. The van der Waals surface area contributed by atoms with Gasteiger partial charge in [0.25, 0.3) is 0 Å². The van der Waals surface area contributed by atoms with E-state index < -0.39 is 57.7 Å². The second kappa shape index (κ2) is 8.76. The van der Waals surface area contributed by atoms with Crippen molar-refractivity contribution in [3.8, 4) is 0 Å². The summed E-state index contributed by atoms with van der Waals surface area (Å²) in [5.41, 5.74) is -0.146. The summed E-state index contributed by atoms with van der Waals surface area (Å²) < 4.78 is 90.0. The van der Waals surface area contributed by atoms with Gasteiger partial charge in [-0.2, -0.15) is 13.2 Å². The minimum absolute atomic E-state index is 0.152. The number of halogens is 5. The number of anilines is 1. The number of benzene rings is 2. The van der Waals surface area contributed by atoms with Crippen LogP contribution >= 0.6 is 0 Å². The van der Waals surface area contributed by atoms with Gasteiger partial charge in [0.15, 0.2) is 9.84 Å². The number of nitrogens with zero attached hydrogens (tertiary/aromatic N) is 1. The fourth-order valence-corrected chi connectivity index (χ4v) is 4.26. The van der Waals surface area contributed by atoms with E-state index in [-0.39, 0.29) is 11.3 Å². The molecular weight excluding hydrogens is 421 g/mol. The Kier molecular flexibility index (Phi) is 6.83. The molecule has 2 aromatic rings. The van der Waals surface area contributed by atoms with Crippen LogP contribution in [0.5, 0.6) is 0 Å². The average molecular weight is 437 g/mol. The van der Waals surface area contributed by atoms with Crippen LogP contribution in [-0.4, -0.2) is 44.0 Å². The van der Waals surface area contributed by atoms with Crippen molar-refractivity contribution in [1.29, 1.82) is 0 Å². The van der Waals surface area contributed by atoms with E-state index in [0.29, 0.717) is 4.90 Å². The first-order chi connectivity index (χ1) is 13.4. The fourth-order valence-electron chi connectivity index (χ4n) is 2.64. The van der Waals surface area contributed by atoms with Gasteiger partial charge in [0, 0.05) is 5.69 Å². The van der Waals surface area contributed by atoms with Crippen molar-refractivity contribution in [2.24, 2.45) is 0 Å². The van der Waals surface area contributed by atoms with E-state index in [2.05, 4.69) is 0 Å². The van der Waals surface area contributed by atoms with Gasteiger partial charge in [-0.25, -0.2) is 22.0 Å². The molecule has 1 N–H and O–H groups in total. The first-order valence-corrected chi connectivity index (χ1v) is 9.95. The molecule has 5 nitrogen and oxygen atoms in total. The first kappa shape index (κ1) is 22.6. The largest absolute Gasteiger partial charge is 0.480 e. The van der Waals surface area contributed by atoms with E-state index in [9.17, 15) is 40.3 Å². The van der Waals surface area contributed by atoms with Crippen LogP contribution in [0.1, 0.15) is 5.56 Å². The lowest BCUT2D eigenvalue weighted by atomic mass is 10.2. The summed E-state index contributed by atoms with van der Waals surface area (Å²) in [5, 5.41) is 9.43. The minimum atomic E-state index is -4.84. The van der Waals surface area contributed by atoms with Gasteiger partial charge in [-0.05, 0) is 42.0 Å². The lowest BCUT2D eigenvalue weighted by molar-refractivity contribution is -0.140. The number of rotatable bonds is 8. The standard InChI is InChI=1S/C18H16F5NO4S/c19-13-3-1-12(2-4-13)9-29(27,28)10-16(17(25)26)24(11-18(21,22)23)15-7-5-14(20)6-8-15/h1-8,16H,9-11H2,(H,25,26)/t16-/m0/s1. The molecule has 2 rings (SSSR count). The topological polar surface area (TPSA) is 74.7 Å². The number of aliphatic carboxylic acids is 1. The highest BCUT2D eigenvalue weighted by Gasteiger charge is 2.39. The molecule has 0 spiro atoms. The van der Waals surface area contributed by atoms with Crippen LogP contribution in [0.25, 0.3) is 0 Å². The second-order valence-electron chi connectivity index (χ2n) is 6.25. The van der Waals surface area contributed by atoms with E-state index in [4.69, 9.17) is 0 Å². The predicted molar refractivity (Wildman–Crippen MR) is 95.1 cm³/mol. The summed E-state index contributed by atoms with van der Waals surface area (Å²) in [6.07, 6.45) is -4.84. The van der Waals surface area contributed by atoms with E-state index in [0.717, 1.165) is 36.4 Å². The zero-order valence-corrected chi connectivity index (χ0v) is 15.6. The highest BCUT2D eigenvalue weighted by Crippen LogP contribution is 2.26. The SMILES string of the molecule is O=C(O)[C@H](CS(=O)(=O)Cc1ccc(F)cc1)N(CC(F)(F)F)c1ccc(F)cc1. The van der Waals surface area contributed by atoms with Gasteiger partial charge in [-0.15, -0.1) is 0 Å². The molecule has 0 saturated carbocycles. The summed E-state index contributed by atoms with van der Waals surface area (Å²) in [5.74, 6) is -4.96. The van der Waals surface area contributed by atoms with E-state index in [1.54, 1.807) is 0 Å². The van der Waals surface area contributed by atoms with Crippen molar-refractivity contribution < 1.29 is 40.3 Å². The van der Waals surface area contributed by atoms with E-state index >= 15 is 0 Å². The van der Waals surface area contributed by atoms with Crippen molar-refractivity contribution in [2.45, 2.75) is 18.0 Å². The van der Waals surface area contributed by atoms with Crippen molar-refractivity contribution in [3.05, 3.63) is 65.7 Å². The highest BCUT2D eigenvalue weighted by molar-refractivity contribution is 7.90. The Morgan fingerprint density at radius 1 is 0.966 bits per heavy atom. The average Bonchev–Trinajstić information content (AvgIpc) is 2.59. The number of sulfone groups is 1. The van der Waals surface area contributed by atoms with Crippen LogP contribution in [0.3, 0.4) is 0 Å². The maximum atomic E-state index is 13.1. The molecule has 0 bridgehead atoms. The Labute approximate surface area is 163 Å². The van der Waals surface area contributed by atoms with Crippen LogP contribution in [0.4, 0.5) is 27.6 Å². The Hall–Kier alpha value is -2.69. The lowest BCUT2D eigenvalue weighted by Gasteiger charge is -2.31. The van der Waals surface area contributed by atoms with Crippen LogP contribution in [0, 0.1) is 11.6 Å². The van der Waals surface area contributed by atoms with Gasteiger partial charge < -0.3 is 10.0 Å². The molecule has 0 unspecified atom stereocenters. The number of alkyl halides is 3. The van der Waals surface area contributed by atoms with Gasteiger partial charge in [0.2, 0.25) is 0 Å². The molecule has 29 heavy (non-hydrogen) atoms. The third-order valence-electron chi connectivity index (χ3n) is 3.88. The quantitative estimate of drug-likeness (QED) is 0.641. The molecule has 0 aliphatic carbocycles. The molecule has 0 heterocycles. The van der Waals surface area contributed by atoms with Crippen molar-refractivity contribution in [3.63, 3.8) is 0 Å². The summed E-state index contributed by atoms with van der Waals surface area (Å²) in [6, 6.07) is 5.84. The lowest BCUT2D eigenvalue weighted by Crippen LogP contribution is -2.50. The van der Waals surface area contributed by atoms with Crippen LogP contribution < -0.4 is 4.90 Å². The number of hydrogen-bond acceptors (Lipinski definition) is 4. The van der Waals surface area contributed by atoms with Gasteiger partial charge >= 0.3 is 12.1 Å². The van der Waals surface area contributed by atoms with Gasteiger partial charge in [0.05, 0.1) is 11.5 Å². The van der Waals surface area contributed by atoms with Gasteiger partial charge in [0.1, 0.15) is 24.2 Å². The zero-order chi connectivity index (χ0) is 21.8. The monoisotopic (exact) mass is 437 g/mol. The van der Waals surface area contributed by atoms with Crippen molar-refractivity contribution >= 4 is 21.5 Å². The normalized spacial score (nSPS) is 13.1. The molecule has 0 radical (unpaired) electrons. The third kappa shape index (κ3) is 7.00. The molecule has 11 heteroatoms. The fraction of sp³-hybridized carbons (Fsp3) is 0.278. The molecule has 2 aromatic carbocycles. The number of carbonyl (C=O) groups is 1. The Morgan fingerprint density at radius 2 is 1.45 bits per heavy atom. The molecule has 0 aromatic heterocycles. The summed E-state index contributed by atoms with van der Waals surface area (Å²) in [7, 11) is -4.19. The number of carboxylic acid groups (broad SMARTS) is 1. The van der Waals surface area contributed by atoms with Crippen molar-refractivity contribution in [1.82, 2.24) is 0 Å². The van der Waals surface area contributed by atoms with Crippen molar-refractivity contribution in [2.75, 3.05) is 17.2 Å². The maximum absolute atomic E-state index is 13.1. The van der Waals surface area contributed by atoms with Crippen LogP contribution in [0.15, 0.2) is 48.5 Å². The summed E-state index contributed by atoms with van der Waals surface area (Å²) in [6.45, 7) is -1.75. The summed E-state index contributed by atoms with van der Waals surface area (Å²) in [4.78, 5) is 12.0. The maximum Gasteiger partial charge on any atom is 0.405 e. The molecule has 158 valence electrons. The first-order valence-electron chi connectivity index (χ1n) is 8.13.